The topological polar surface area (TPSA) is 71.1 Å². The minimum atomic E-state index is -0.734. The molecule has 0 radical (unpaired) electrons. The van der Waals surface area contributed by atoms with Gasteiger partial charge in [-0.15, -0.1) is 0 Å². The quantitative estimate of drug-likeness (QED) is 0.903. The van der Waals surface area contributed by atoms with Crippen LogP contribution in [-0.4, -0.2) is 22.8 Å². The molecule has 1 heterocycles. The highest BCUT2D eigenvalue weighted by atomic mass is 19.1. The number of anilines is 1. The highest BCUT2D eigenvalue weighted by Crippen LogP contribution is 2.08. The van der Waals surface area contributed by atoms with Crippen LogP contribution >= 0.6 is 0 Å². The third-order valence-corrected chi connectivity index (χ3v) is 2.78. The normalized spacial score (nSPS) is 11.5. The molecule has 21 heavy (non-hydrogen) atoms. The largest absolute Gasteiger partial charge is 0.340 e. The lowest BCUT2D eigenvalue weighted by molar-refractivity contribution is -0.117. The fourth-order valence-electron chi connectivity index (χ4n) is 1.63. The van der Waals surface area contributed by atoms with Gasteiger partial charge >= 0.3 is 0 Å². The van der Waals surface area contributed by atoms with Crippen LogP contribution in [0.3, 0.4) is 0 Å². The van der Waals surface area contributed by atoms with Crippen LogP contribution < -0.4 is 10.6 Å². The zero-order chi connectivity index (χ0) is 15.2. The summed E-state index contributed by atoms with van der Waals surface area (Å²) in [6.07, 6.45) is 2.97. The molecule has 2 amide bonds. The van der Waals surface area contributed by atoms with Gasteiger partial charge in [0.15, 0.2) is 0 Å². The van der Waals surface area contributed by atoms with E-state index in [1.807, 2.05) is 0 Å². The van der Waals surface area contributed by atoms with E-state index in [9.17, 15) is 14.0 Å². The summed E-state index contributed by atoms with van der Waals surface area (Å²) in [7, 11) is 0. The molecule has 0 unspecified atom stereocenters. The number of hydrogen-bond acceptors (Lipinski definition) is 3. The van der Waals surface area contributed by atoms with Crippen LogP contribution in [0.5, 0.6) is 0 Å². The van der Waals surface area contributed by atoms with Gasteiger partial charge in [0, 0.05) is 18.1 Å². The summed E-state index contributed by atoms with van der Waals surface area (Å²) in [5.41, 5.74) is 0.836. The van der Waals surface area contributed by atoms with Gasteiger partial charge in [-0.05, 0) is 43.3 Å². The molecule has 0 saturated heterocycles. The van der Waals surface area contributed by atoms with E-state index in [-0.39, 0.29) is 17.6 Å². The number of rotatable bonds is 4. The van der Waals surface area contributed by atoms with Gasteiger partial charge in [0.1, 0.15) is 11.9 Å². The number of benzene rings is 1. The smallest absolute Gasteiger partial charge is 0.253 e. The van der Waals surface area contributed by atoms with Gasteiger partial charge < -0.3 is 10.6 Å². The number of nitrogens with zero attached hydrogens (tertiary/aromatic N) is 1. The van der Waals surface area contributed by atoms with E-state index in [2.05, 4.69) is 15.6 Å². The monoisotopic (exact) mass is 287 g/mol. The van der Waals surface area contributed by atoms with Gasteiger partial charge in [0.05, 0.1) is 5.56 Å². The van der Waals surface area contributed by atoms with E-state index in [1.54, 1.807) is 25.3 Å². The second-order valence-electron chi connectivity index (χ2n) is 4.43. The van der Waals surface area contributed by atoms with Crippen LogP contribution in [0.1, 0.15) is 17.3 Å². The summed E-state index contributed by atoms with van der Waals surface area (Å²) >= 11 is 0. The fourth-order valence-corrected chi connectivity index (χ4v) is 1.63. The fraction of sp³-hybridized carbons (Fsp3) is 0.133. The molecule has 2 N–H and O–H groups in total. The second kappa shape index (κ2) is 6.60. The molecule has 0 aliphatic carbocycles. The number of nitrogens with one attached hydrogen (secondary N) is 2. The first-order valence-electron chi connectivity index (χ1n) is 6.33. The molecule has 108 valence electrons. The predicted molar refractivity (Wildman–Crippen MR) is 76.2 cm³/mol. The summed E-state index contributed by atoms with van der Waals surface area (Å²) in [5.74, 6) is -1.16. The Labute approximate surface area is 121 Å². The molecular formula is C15H14FN3O2. The summed E-state index contributed by atoms with van der Waals surface area (Å²) in [6.45, 7) is 1.56. The van der Waals surface area contributed by atoms with Crippen LogP contribution in [0, 0.1) is 5.82 Å². The Kier molecular flexibility index (Phi) is 4.61. The Morgan fingerprint density at radius 1 is 1.19 bits per heavy atom. The molecule has 1 aromatic carbocycles. The Morgan fingerprint density at radius 2 is 1.90 bits per heavy atom. The van der Waals surface area contributed by atoms with E-state index in [1.165, 1.54) is 30.5 Å². The van der Waals surface area contributed by atoms with Crippen LogP contribution in [0.15, 0.2) is 48.8 Å². The first-order valence-corrected chi connectivity index (χ1v) is 6.33. The van der Waals surface area contributed by atoms with Crippen molar-refractivity contribution in [1.82, 2.24) is 10.3 Å². The van der Waals surface area contributed by atoms with E-state index >= 15 is 0 Å². The lowest BCUT2D eigenvalue weighted by atomic mass is 10.2. The van der Waals surface area contributed by atoms with Crippen molar-refractivity contribution in [3.05, 3.63) is 60.2 Å². The Balaban J connectivity index is 1.93. The maximum atomic E-state index is 12.8. The first kappa shape index (κ1) is 14.6. The van der Waals surface area contributed by atoms with E-state index < -0.39 is 6.04 Å². The molecule has 6 heteroatoms. The Hall–Kier alpha value is -2.76. The van der Waals surface area contributed by atoms with Gasteiger partial charge in [-0.2, -0.15) is 0 Å². The van der Waals surface area contributed by atoms with Crippen LogP contribution in [0.2, 0.25) is 0 Å². The molecule has 0 spiro atoms. The highest BCUT2D eigenvalue weighted by Gasteiger charge is 2.16. The SMILES string of the molecule is C[C@H](NC(=O)c1cccnc1)C(=O)Nc1ccc(F)cc1. The van der Waals surface area contributed by atoms with Crippen molar-refractivity contribution in [3.63, 3.8) is 0 Å². The summed E-state index contributed by atoms with van der Waals surface area (Å²) in [5, 5.41) is 5.15. The molecule has 0 saturated carbocycles. The third-order valence-electron chi connectivity index (χ3n) is 2.78. The average Bonchev–Trinajstić information content (AvgIpc) is 2.50. The van der Waals surface area contributed by atoms with Gasteiger partial charge in [-0.3, -0.25) is 14.6 Å². The maximum absolute atomic E-state index is 12.8. The maximum Gasteiger partial charge on any atom is 0.253 e. The molecule has 1 atom stereocenters. The Morgan fingerprint density at radius 3 is 2.52 bits per heavy atom. The van der Waals surface area contributed by atoms with Crippen molar-refractivity contribution >= 4 is 17.5 Å². The zero-order valence-electron chi connectivity index (χ0n) is 11.3. The van der Waals surface area contributed by atoms with Crippen molar-refractivity contribution < 1.29 is 14.0 Å². The number of carbonyl (C=O) groups excluding carboxylic acids is 2. The number of halogens is 1. The van der Waals surface area contributed by atoms with Crippen molar-refractivity contribution in [3.8, 4) is 0 Å². The molecule has 0 fully saturated rings. The molecular weight excluding hydrogens is 273 g/mol. The molecule has 0 aliphatic rings. The summed E-state index contributed by atoms with van der Waals surface area (Å²) in [4.78, 5) is 27.6. The van der Waals surface area contributed by atoms with Crippen LogP contribution in [-0.2, 0) is 4.79 Å². The van der Waals surface area contributed by atoms with E-state index in [0.717, 1.165) is 0 Å². The zero-order valence-corrected chi connectivity index (χ0v) is 11.3. The Bertz CT molecular complexity index is 629. The third kappa shape index (κ3) is 4.10. The molecule has 5 nitrogen and oxygen atoms in total. The number of amides is 2. The average molecular weight is 287 g/mol. The molecule has 0 bridgehead atoms. The van der Waals surface area contributed by atoms with Gasteiger partial charge in [0.25, 0.3) is 5.91 Å². The van der Waals surface area contributed by atoms with Gasteiger partial charge in [-0.25, -0.2) is 4.39 Å². The van der Waals surface area contributed by atoms with Crippen molar-refractivity contribution in [1.29, 1.82) is 0 Å². The lowest BCUT2D eigenvalue weighted by Gasteiger charge is -2.14. The first-order chi connectivity index (χ1) is 10.1. The number of carbonyl (C=O) groups is 2. The highest BCUT2D eigenvalue weighted by molar-refractivity contribution is 6.00. The summed E-state index contributed by atoms with van der Waals surface area (Å²) in [6, 6.07) is 7.89. The second-order valence-corrected chi connectivity index (χ2v) is 4.43. The van der Waals surface area contributed by atoms with Gasteiger partial charge in [0.2, 0.25) is 5.91 Å². The minimum Gasteiger partial charge on any atom is -0.340 e. The van der Waals surface area contributed by atoms with Crippen molar-refractivity contribution in [2.75, 3.05) is 5.32 Å². The van der Waals surface area contributed by atoms with Crippen LogP contribution in [0.4, 0.5) is 10.1 Å². The number of aromatic nitrogens is 1. The lowest BCUT2D eigenvalue weighted by Crippen LogP contribution is -2.41. The number of hydrogen-bond donors (Lipinski definition) is 2. The van der Waals surface area contributed by atoms with E-state index in [4.69, 9.17) is 0 Å². The summed E-state index contributed by atoms with van der Waals surface area (Å²) < 4.78 is 12.8. The standard InChI is InChI=1S/C15H14FN3O2/c1-10(18-15(21)11-3-2-8-17-9-11)14(20)19-13-6-4-12(16)5-7-13/h2-10H,1H3,(H,18,21)(H,19,20)/t10-/m0/s1. The minimum absolute atomic E-state index is 0.374. The van der Waals surface area contributed by atoms with Crippen molar-refractivity contribution in [2.24, 2.45) is 0 Å². The molecule has 0 aliphatic heterocycles. The predicted octanol–water partition coefficient (Wildman–Crippen LogP) is 1.98. The van der Waals surface area contributed by atoms with Crippen molar-refractivity contribution in [2.45, 2.75) is 13.0 Å². The molecule has 2 rings (SSSR count). The van der Waals surface area contributed by atoms with E-state index in [0.29, 0.717) is 11.3 Å². The molecule has 1 aromatic heterocycles. The number of pyridine rings is 1. The molecule has 2 aromatic rings. The van der Waals surface area contributed by atoms with Gasteiger partial charge in [-0.1, -0.05) is 0 Å². The van der Waals surface area contributed by atoms with Crippen LogP contribution in [0.25, 0.3) is 0 Å².